The van der Waals surface area contributed by atoms with Crippen molar-refractivity contribution in [3.8, 4) is 0 Å². The van der Waals surface area contributed by atoms with Crippen molar-refractivity contribution in [1.29, 1.82) is 0 Å². The van der Waals surface area contributed by atoms with Crippen LogP contribution in [-0.4, -0.2) is 36.8 Å². The molecule has 0 unspecified atom stereocenters. The molecule has 1 aliphatic carbocycles. The maximum atomic E-state index is 13.4. The number of hydrogen-bond acceptors (Lipinski definition) is 4. The third-order valence-corrected chi connectivity index (χ3v) is 9.39. The molecule has 2 aromatic carbocycles. The van der Waals surface area contributed by atoms with Crippen molar-refractivity contribution >= 4 is 29.4 Å². The average Bonchev–Trinajstić information content (AvgIpc) is 2.87. The minimum atomic E-state index is -4.65. The van der Waals surface area contributed by atoms with Crippen LogP contribution in [-0.2, 0) is 34.0 Å². The molecule has 230 valence electrons. The molecule has 1 amide bonds. The number of piperidine rings is 1. The summed E-state index contributed by atoms with van der Waals surface area (Å²) in [7, 11) is -4.19. The molecule has 0 radical (unpaired) electrons. The van der Waals surface area contributed by atoms with E-state index in [0.29, 0.717) is 18.9 Å². The van der Waals surface area contributed by atoms with Crippen LogP contribution < -0.4 is 10.6 Å². The number of rotatable bonds is 7. The second-order valence-corrected chi connectivity index (χ2v) is 13.5. The summed E-state index contributed by atoms with van der Waals surface area (Å²) in [5.41, 5.74) is 2.49. The maximum absolute atomic E-state index is 13.4. The highest BCUT2D eigenvalue weighted by atomic mass is 32.2. The smallest absolute Gasteiger partial charge is 0.349 e. The highest BCUT2D eigenvalue weighted by molar-refractivity contribution is 7.89. The van der Waals surface area contributed by atoms with Crippen LogP contribution in [0.5, 0.6) is 0 Å². The van der Waals surface area contributed by atoms with Gasteiger partial charge in [0.2, 0.25) is 15.9 Å². The van der Waals surface area contributed by atoms with Gasteiger partial charge in [-0.25, -0.2) is 8.42 Å². The lowest BCUT2D eigenvalue weighted by Crippen LogP contribution is -2.46. The SMILES string of the molecule is C.CC(C)(C)NCc1ccc2c(c1)CCC[C@H]2NC(=O)C[C@@H]1CCCCN1S(=O)(=O)c1cccc(C(F)(F)F)c1.S. The molecule has 0 spiro atoms. The number of aryl methyl sites for hydroxylation is 1. The van der Waals surface area contributed by atoms with Crippen molar-refractivity contribution < 1.29 is 26.4 Å². The minimum absolute atomic E-state index is 0. The van der Waals surface area contributed by atoms with Crippen LogP contribution in [0.4, 0.5) is 13.2 Å². The van der Waals surface area contributed by atoms with Gasteiger partial charge in [-0.1, -0.05) is 38.1 Å². The number of carbonyl (C=O) groups is 1. The summed E-state index contributed by atoms with van der Waals surface area (Å²) < 4.78 is 67.6. The normalized spacial score (nSPS) is 19.9. The van der Waals surface area contributed by atoms with Gasteiger partial charge in [-0.05, 0) is 87.8 Å². The minimum Gasteiger partial charge on any atom is -0.349 e. The molecule has 0 aromatic heterocycles. The second kappa shape index (κ2) is 13.9. The summed E-state index contributed by atoms with van der Waals surface area (Å²) in [5, 5.41) is 6.61. The molecule has 1 fully saturated rings. The van der Waals surface area contributed by atoms with Gasteiger partial charge in [0.05, 0.1) is 16.5 Å². The summed E-state index contributed by atoms with van der Waals surface area (Å²) in [4.78, 5) is 12.8. The lowest BCUT2D eigenvalue weighted by molar-refractivity contribution is -0.137. The number of alkyl halides is 3. The van der Waals surface area contributed by atoms with E-state index in [1.807, 2.05) is 0 Å². The van der Waals surface area contributed by atoms with E-state index in [2.05, 4.69) is 49.6 Å². The van der Waals surface area contributed by atoms with Crippen molar-refractivity contribution in [1.82, 2.24) is 14.9 Å². The monoisotopic (exact) mass is 615 g/mol. The van der Waals surface area contributed by atoms with Gasteiger partial charge >= 0.3 is 6.18 Å². The number of nitrogens with one attached hydrogen (secondary N) is 2. The second-order valence-electron chi connectivity index (χ2n) is 11.6. The predicted octanol–water partition coefficient (Wildman–Crippen LogP) is 6.47. The fraction of sp³-hybridized carbons (Fsp3) is 0.567. The highest BCUT2D eigenvalue weighted by Gasteiger charge is 2.37. The van der Waals surface area contributed by atoms with E-state index in [1.165, 1.54) is 21.5 Å². The molecule has 1 saturated heterocycles. The third kappa shape index (κ3) is 8.95. The Morgan fingerprint density at radius 1 is 1.02 bits per heavy atom. The van der Waals surface area contributed by atoms with E-state index in [-0.39, 0.29) is 51.4 Å². The number of sulfonamides is 1. The molecule has 2 N–H and O–H groups in total. The standard InChI is InChI=1S/C29H38F3N3O3S.CH4.H2S/c1-28(2,3)33-19-20-13-14-25-21(16-20)8-6-12-26(25)34-27(36)18-23-10-4-5-15-35(23)39(37,38)24-11-7-9-22(17-24)29(30,31)32;;/h7,9,11,13-14,16-17,23,26,33H,4-6,8,10,12,15,18-19H2,1-3H3,(H,34,36);1H4;1H2/t23-,26+;;/m0../s1. The topological polar surface area (TPSA) is 78.5 Å². The fourth-order valence-corrected chi connectivity index (χ4v) is 7.16. The Morgan fingerprint density at radius 3 is 2.44 bits per heavy atom. The first-order valence-electron chi connectivity index (χ1n) is 13.6. The first kappa shape index (κ1) is 35.1. The summed E-state index contributed by atoms with van der Waals surface area (Å²) >= 11 is 0. The predicted molar refractivity (Wildman–Crippen MR) is 162 cm³/mol. The molecule has 2 aliphatic rings. The number of hydrogen-bond donors (Lipinski definition) is 2. The third-order valence-electron chi connectivity index (χ3n) is 7.44. The fourth-order valence-electron chi connectivity index (χ4n) is 5.42. The van der Waals surface area contributed by atoms with Crippen LogP contribution in [0.1, 0.15) is 95.0 Å². The molecule has 11 heteroatoms. The Morgan fingerprint density at radius 2 is 1.76 bits per heavy atom. The Balaban J connectivity index is 0.00000294. The van der Waals surface area contributed by atoms with E-state index in [9.17, 15) is 26.4 Å². The first-order valence-corrected chi connectivity index (χ1v) is 15.0. The van der Waals surface area contributed by atoms with Crippen LogP contribution in [0.25, 0.3) is 0 Å². The van der Waals surface area contributed by atoms with Crippen molar-refractivity contribution in [2.24, 2.45) is 0 Å². The summed E-state index contributed by atoms with van der Waals surface area (Å²) in [6, 6.07) is 9.40. The number of amides is 1. The van der Waals surface area contributed by atoms with E-state index in [4.69, 9.17) is 0 Å². The van der Waals surface area contributed by atoms with Gasteiger partial charge in [-0.15, -0.1) is 0 Å². The largest absolute Gasteiger partial charge is 0.416 e. The van der Waals surface area contributed by atoms with E-state index < -0.39 is 32.7 Å². The van der Waals surface area contributed by atoms with E-state index in [1.54, 1.807) is 0 Å². The van der Waals surface area contributed by atoms with Gasteiger partial charge in [-0.2, -0.15) is 31.0 Å². The lowest BCUT2D eigenvalue weighted by atomic mass is 9.86. The summed E-state index contributed by atoms with van der Waals surface area (Å²) in [6.45, 7) is 7.29. The Kier molecular flexibility index (Phi) is 11.9. The Bertz CT molecular complexity index is 1290. The zero-order chi connectivity index (χ0) is 28.4. The molecule has 2 aromatic rings. The van der Waals surface area contributed by atoms with Crippen LogP contribution in [0.15, 0.2) is 47.4 Å². The molecule has 0 bridgehead atoms. The van der Waals surface area contributed by atoms with Gasteiger partial charge in [0.1, 0.15) is 0 Å². The van der Waals surface area contributed by atoms with Crippen LogP contribution >= 0.6 is 13.5 Å². The molecule has 4 rings (SSSR count). The molecule has 1 aliphatic heterocycles. The zero-order valence-electron chi connectivity index (χ0n) is 23.3. The van der Waals surface area contributed by atoms with Gasteiger partial charge in [0.15, 0.2) is 0 Å². The van der Waals surface area contributed by atoms with Crippen molar-refractivity contribution in [3.05, 3.63) is 64.7 Å². The molecule has 2 atom stereocenters. The molecule has 41 heavy (non-hydrogen) atoms. The Hall–Kier alpha value is -2.08. The maximum Gasteiger partial charge on any atom is 0.416 e. The average molecular weight is 616 g/mol. The van der Waals surface area contributed by atoms with Gasteiger partial charge in [0, 0.05) is 31.1 Å². The molecule has 0 saturated carbocycles. The lowest BCUT2D eigenvalue weighted by Gasteiger charge is -2.35. The molecule has 6 nitrogen and oxygen atoms in total. The van der Waals surface area contributed by atoms with Crippen LogP contribution in [0, 0.1) is 0 Å². The van der Waals surface area contributed by atoms with Crippen molar-refractivity contribution in [3.63, 3.8) is 0 Å². The van der Waals surface area contributed by atoms with E-state index >= 15 is 0 Å². The quantitative estimate of drug-likeness (QED) is 0.374. The number of benzene rings is 2. The molecular formula is C30H44F3N3O3S2. The number of fused-ring (bicyclic) bond motifs is 1. The highest BCUT2D eigenvalue weighted by Crippen LogP contribution is 2.34. The van der Waals surface area contributed by atoms with Crippen molar-refractivity contribution in [2.45, 2.75) is 108 Å². The number of carbonyl (C=O) groups excluding carboxylic acids is 1. The van der Waals surface area contributed by atoms with Crippen LogP contribution in [0.3, 0.4) is 0 Å². The van der Waals surface area contributed by atoms with E-state index in [0.717, 1.165) is 49.9 Å². The summed E-state index contributed by atoms with van der Waals surface area (Å²) in [6.07, 6.45) is -0.163. The number of halogens is 3. The molecule has 1 heterocycles. The van der Waals surface area contributed by atoms with Gasteiger partial charge < -0.3 is 10.6 Å². The van der Waals surface area contributed by atoms with Gasteiger partial charge in [0.25, 0.3) is 0 Å². The zero-order valence-corrected chi connectivity index (χ0v) is 25.1. The number of nitrogens with zero attached hydrogens (tertiary/aromatic N) is 1. The van der Waals surface area contributed by atoms with Crippen LogP contribution in [0.2, 0.25) is 0 Å². The van der Waals surface area contributed by atoms with Gasteiger partial charge in [-0.3, -0.25) is 4.79 Å². The first-order chi connectivity index (χ1) is 18.2. The van der Waals surface area contributed by atoms with Crippen molar-refractivity contribution in [2.75, 3.05) is 6.54 Å². The molecular weight excluding hydrogens is 571 g/mol. The Labute approximate surface area is 250 Å². The summed E-state index contributed by atoms with van der Waals surface area (Å²) in [5.74, 6) is -0.248.